The summed E-state index contributed by atoms with van der Waals surface area (Å²) in [6.45, 7) is 2.54. The molecule has 0 unspecified atom stereocenters. The number of hydrogen-bond donors (Lipinski definition) is 0. The van der Waals surface area contributed by atoms with E-state index in [9.17, 15) is 4.79 Å². The van der Waals surface area contributed by atoms with Crippen molar-refractivity contribution in [2.24, 2.45) is 7.05 Å². The Labute approximate surface area is 145 Å². The van der Waals surface area contributed by atoms with E-state index in [1.54, 1.807) is 28.6 Å². The summed E-state index contributed by atoms with van der Waals surface area (Å²) in [4.78, 5) is 21.3. The van der Waals surface area contributed by atoms with Gasteiger partial charge in [0.25, 0.3) is 0 Å². The zero-order valence-corrected chi connectivity index (χ0v) is 14.2. The van der Waals surface area contributed by atoms with E-state index in [1.807, 2.05) is 30.5 Å². The van der Waals surface area contributed by atoms with Crippen LogP contribution in [0, 0.1) is 6.92 Å². The summed E-state index contributed by atoms with van der Waals surface area (Å²) in [6, 6.07) is 14.2. The van der Waals surface area contributed by atoms with E-state index >= 15 is 0 Å². The lowest BCUT2D eigenvalue weighted by Crippen LogP contribution is -2.22. The highest BCUT2D eigenvalue weighted by molar-refractivity contribution is 5.79. The molecular formula is C20H18N4O. The Morgan fingerprint density at radius 1 is 1.04 bits per heavy atom. The minimum absolute atomic E-state index is 0.0762. The minimum Gasteiger partial charge on any atom is -0.286 e. The van der Waals surface area contributed by atoms with Crippen molar-refractivity contribution in [3.63, 3.8) is 0 Å². The second-order valence-corrected chi connectivity index (χ2v) is 6.23. The van der Waals surface area contributed by atoms with Crippen molar-refractivity contribution in [2.45, 2.75) is 13.5 Å². The highest BCUT2D eigenvalue weighted by Crippen LogP contribution is 2.23. The summed E-state index contributed by atoms with van der Waals surface area (Å²) in [6.07, 6.45) is 5.33. The number of hydrogen-bond acceptors (Lipinski definition) is 3. The zero-order valence-electron chi connectivity index (χ0n) is 14.2. The average molecular weight is 330 g/mol. The van der Waals surface area contributed by atoms with Gasteiger partial charge in [-0.3, -0.25) is 14.1 Å². The Balaban J connectivity index is 1.89. The molecule has 0 aliphatic carbocycles. The lowest BCUT2D eigenvalue weighted by atomic mass is 10.1. The van der Waals surface area contributed by atoms with Crippen LogP contribution in [0.4, 0.5) is 0 Å². The standard InChI is InChI=1S/C20H18N4O/c1-14-5-3-7-16(9-14)17-10-18-19(22-12-17)23(2)20(25)24(18)13-15-6-4-8-21-11-15/h3-12H,13H2,1-2H3. The first kappa shape index (κ1) is 15.3. The molecule has 5 heteroatoms. The topological polar surface area (TPSA) is 52.7 Å². The van der Waals surface area contributed by atoms with Crippen molar-refractivity contribution in [2.75, 3.05) is 0 Å². The number of imidazole rings is 1. The van der Waals surface area contributed by atoms with E-state index in [1.165, 1.54) is 5.56 Å². The molecule has 0 amide bonds. The van der Waals surface area contributed by atoms with E-state index in [0.29, 0.717) is 12.2 Å². The monoisotopic (exact) mass is 330 g/mol. The van der Waals surface area contributed by atoms with Gasteiger partial charge in [-0.05, 0) is 30.2 Å². The van der Waals surface area contributed by atoms with Crippen LogP contribution in [-0.4, -0.2) is 19.1 Å². The smallest absolute Gasteiger partial charge is 0.286 e. The third kappa shape index (κ3) is 2.74. The quantitative estimate of drug-likeness (QED) is 0.580. The average Bonchev–Trinajstić information content (AvgIpc) is 2.87. The van der Waals surface area contributed by atoms with Crippen LogP contribution in [0.25, 0.3) is 22.3 Å². The van der Waals surface area contributed by atoms with Gasteiger partial charge in [-0.2, -0.15) is 0 Å². The molecular weight excluding hydrogens is 312 g/mol. The van der Waals surface area contributed by atoms with Crippen LogP contribution in [0.15, 0.2) is 65.8 Å². The number of benzene rings is 1. The summed E-state index contributed by atoms with van der Waals surface area (Å²) in [5, 5.41) is 0. The van der Waals surface area contributed by atoms with E-state index < -0.39 is 0 Å². The van der Waals surface area contributed by atoms with Crippen LogP contribution in [0.3, 0.4) is 0 Å². The molecule has 0 aliphatic rings. The predicted octanol–water partition coefficient (Wildman–Crippen LogP) is 3.15. The summed E-state index contributed by atoms with van der Waals surface area (Å²) < 4.78 is 3.34. The summed E-state index contributed by atoms with van der Waals surface area (Å²) in [5.74, 6) is 0. The molecule has 1 aromatic carbocycles. The van der Waals surface area contributed by atoms with Gasteiger partial charge in [0.05, 0.1) is 12.1 Å². The first-order valence-electron chi connectivity index (χ1n) is 8.15. The van der Waals surface area contributed by atoms with E-state index in [4.69, 9.17) is 0 Å². The highest BCUT2D eigenvalue weighted by atomic mass is 16.1. The lowest BCUT2D eigenvalue weighted by Gasteiger charge is -2.06. The van der Waals surface area contributed by atoms with E-state index in [-0.39, 0.29) is 5.69 Å². The molecule has 4 rings (SSSR count). The first-order valence-corrected chi connectivity index (χ1v) is 8.15. The van der Waals surface area contributed by atoms with Gasteiger partial charge in [0.15, 0.2) is 5.65 Å². The molecule has 0 fully saturated rings. The minimum atomic E-state index is -0.0762. The second kappa shape index (κ2) is 6.02. The fourth-order valence-electron chi connectivity index (χ4n) is 3.09. The zero-order chi connectivity index (χ0) is 17.4. The fraction of sp³-hybridized carbons (Fsp3) is 0.150. The number of nitrogens with zero attached hydrogens (tertiary/aromatic N) is 4. The van der Waals surface area contributed by atoms with Crippen molar-refractivity contribution >= 4 is 11.2 Å². The van der Waals surface area contributed by atoms with E-state index in [0.717, 1.165) is 22.2 Å². The van der Waals surface area contributed by atoms with Crippen molar-refractivity contribution < 1.29 is 0 Å². The van der Waals surface area contributed by atoms with E-state index in [2.05, 4.69) is 35.1 Å². The molecule has 124 valence electrons. The van der Waals surface area contributed by atoms with Gasteiger partial charge >= 0.3 is 5.69 Å². The van der Waals surface area contributed by atoms with Crippen molar-refractivity contribution in [1.82, 2.24) is 19.1 Å². The van der Waals surface area contributed by atoms with Crippen LogP contribution in [0.5, 0.6) is 0 Å². The van der Waals surface area contributed by atoms with Gasteiger partial charge in [-0.15, -0.1) is 0 Å². The van der Waals surface area contributed by atoms with Crippen LogP contribution >= 0.6 is 0 Å². The second-order valence-electron chi connectivity index (χ2n) is 6.23. The normalized spacial score (nSPS) is 11.1. The van der Waals surface area contributed by atoms with Gasteiger partial charge in [0.1, 0.15) is 0 Å². The molecule has 0 saturated heterocycles. The number of aryl methyl sites for hydroxylation is 2. The molecule has 5 nitrogen and oxygen atoms in total. The molecule has 0 saturated carbocycles. The van der Waals surface area contributed by atoms with Gasteiger partial charge in [0, 0.05) is 31.2 Å². The molecule has 0 spiro atoms. The molecule has 3 aromatic heterocycles. The third-order valence-electron chi connectivity index (χ3n) is 4.39. The Kier molecular flexibility index (Phi) is 3.69. The van der Waals surface area contributed by atoms with Gasteiger partial charge < -0.3 is 0 Å². The number of aromatic nitrogens is 4. The van der Waals surface area contributed by atoms with Crippen LogP contribution < -0.4 is 5.69 Å². The maximum Gasteiger partial charge on any atom is 0.330 e. The predicted molar refractivity (Wildman–Crippen MR) is 98.5 cm³/mol. The summed E-state index contributed by atoms with van der Waals surface area (Å²) in [7, 11) is 1.75. The summed E-state index contributed by atoms with van der Waals surface area (Å²) in [5.41, 5.74) is 5.71. The molecule has 0 atom stereocenters. The molecule has 0 radical (unpaired) electrons. The largest absolute Gasteiger partial charge is 0.330 e. The maximum absolute atomic E-state index is 12.7. The Morgan fingerprint density at radius 3 is 2.68 bits per heavy atom. The number of rotatable bonds is 3. The van der Waals surface area contributed by atoms with Gasteiger partial charge in [-0.25, -0.2) is 9.78 Å². The van der Waals surface area contributed by atoms with Gasteiger partial charge in [-0.1, -0.05) is 35.9 Å². The van der Waals surface area contributed by atoms with Crippen molar-refractivity contribution in [3.8, 4) is 11.1 Å². The van der Waals surface area contributed by atoms with Crippen LogP contribution in [0.1, 0.15) is 11.1 Å². The summed E-state index contributed by atoms with van der Waals surface area (Å²) >= 11 is 0. The molecule has 25 heavy (non-hydrogen) atoms. The molecule has 0 aliphatic heterocycles. The molecule has 0 bridgehead atoms. The third-order valence-corrected chi connectivity index (χ3v) is 4.39. The molecule has 4 aromatic rings. The fourth-order valence-corrected chi connectivity index (χ4v) is 3.09. The van der Waals surface area contributed by atoms with Crippen molar-refractivity contribution in [1.29, 1.82) is 0 Å². The Morgan fingerprint density at radius 2 is 1.92 bits per heavy atom. The van der Waals surface area contributed by atoms with Crippen LogP contribution in [-0.2, 0) is 13.6 Å². The Hall–Kier alpha value is -3.21. The Bertz CT molecular complexity index is 1110. The van der Waals surface area contributed by atoms with Crippen molar-refractivity contribution in [3.05, 3.63) is 82.7 Å². The molecule has 0 N–H and O–H groups in total. The highest BCUT2D eigenvalue weighted by Gasteiger charge is 2.13. The SMILES string of the molecule is Cc1cccc(-c2cnc3c(c2)n(Cc2cccnc2)c(=O)n3C)c1. The molecule has 3 heterocycles. The maximum atomic E-state index is 12.7. The number of fused-ring (bicyclic) bond motifs is 1. The van der Waals surface area contributed by atoms with Gasteiger partial charge in [0.2, 0.25) is 0 Å². The lowest BCUT2D eigenvalue weighted by molar-refractivity contribution is 0.732. The first-order chi connectivity index (χ1) is 12.1. The number of pyridine rings is 2. The van der Waals surface area contributed by atoms with Crippen LogP contribution in [0.2, 0.25) is 0 Å².